The van der Waals surface area contributed by atoms with Crippen LogP contribution in [0, 0.1) is 0 Å². The van der Waals surface area contributed by atoms with Gasteiger partial charge in [0.1, 0.15) is 0 Å². The van der Waals surface area contributed by atoms with Crippen molar-refractivity contribution in [3.05, 3.63) is 42.4 Å². The number of hydrogen-bond donors (Lipinski definition) is 2. The summed E-state index contributed by atoms with van der Waals surface area (Å²) in [6.07, 6.45) is 4.71. The third kappa shape index (κ3) is 3.71. The van der Waals surface area contributed by atoms with Crippen LogP contribution in [0.15, 0.2) is 36.7 Å². The van der Waals surface area contributed by atoms with Crippen LogP contribution in [0.1, 0.15) is 5.69 Å². The van der Waals surface area contributed by atoms with Crippen LogP contribution in [0.5, 0.6) is 0 Å². The standard InChI is InChI=1S/C10H13N3O/c1-11-7-5-10(14)13-8-9-4-2-3-6-12-9/h2-7,11H,8H2,1H3,(H,13,14)/b7-5-. The Kier molecular flexibility index (Phi) is 4.20. The molecule has 0 atom stereocenters. The van der Waals surface area contributed by atoms with Gasteiger partial charge in [-0.25, -0.2) is 0 Å². The molecule has 1 amide bonds. The Balaban J connectivity index is 2.34. The summed E-state index contributed by atoms with van der Waals surface area (Å²) in [6.45, 7) is 0.452. The molecule has 0 aliphatic carbocycles. The summed E-state index contributed by atoms with van der Waals surface area (Å²) < 4.78 is 0. The van der Waals surface area contributed by atoms with Gasteiger partial charge >= 0.3 is 0 Å². The lowest BCUT2D eigenvalue weighted by Gasteiger charge is -2.00. The van der Waals surface area contributed by atoms with Gasteiger partial charge in [-0.1, -0.05) is 6.07 Å². The first-order valence-electron chi connectivity index (χ1n) is 4.34. The van der Waals surface area contributed by atoms with Crippen LogP contribution >= 0.6 is 0 Å². The van der Waals surface area contributed by atoms with Crippen molar-refractivity contribution in [3.63, 3.8) is 0 Å². The van der Waals surface area contributed by atoms with Gasteiger partial charge in [-0.15, -0.1) is 0 Å². The van der Waals surface area contributed by atoms with Gasteiger partial charge in [-0.05, 0) is 12.1 Å². The minimum Gasteiger partial charge on any atom is -0.394 e. The van der Waals surface area contributed by atoms with E-state index >= 15 is 0 Å². The second-order valence-electron chi connectivity index (χ2n) is 2.66. The first-order chi connectivity index (χ1) is 6.83. The number of hydrogen-bond acceptors (Lipinski definition) is 3. The maximum Gasteiger partial charge on any atom is 0.245 e. The minimum atomic E-state index is -0.134. The molecule has 1 aromatic heterocycles. The van der Waals surface area contributed by atoms with Gasteiger partial charge in [-0.2, -0.15) is 0 Å². The summed E-state index contributed by atoms with van der Waals surface area (Å²) >= 11 is 0. The van der Waals surface area contributed by atoms with Gasteiger partial charge < -0.3 is 10.6 Å². The zero-order valence-corrected chi connectivity index (χ0v) is 8.03. The number of nitrogens with zero attached hydrogens (tertiary/aromatic N) is 1. The molecule has 0 aliphatic heterocycles. The molecule has 0 fully saturated rings. The Morgan fingerprint density at radius 2 is 2.43 bits per heavy atom. The molecular weight excluding hydrogens is 178 g/mol. The van der Waals surface area contributed by atoms with Crippen LogP contribution in [0.2, 0.25) is 0 Å². The Hall–Kier alpha value is -1.84. The van der Waals surface area contributed by atoms with E-state index in [-0.39, 0.29) is 5.91 Å². The first kappa shape index (κ1) is 10.2. The molecule has 0 aromatic carbocycles. The van der Waals surface area contributed by atoms with Crippen LogP contribution < -0.4 is 10.6 Å². The van der Waals surface area contributed by atoms with E-state index in [9.17, 15) is 4.79 Å². The van der Waals surface area contributed by atoms with Crippen molar-refractivity contribution in [2.24, 2.45) is 0 Å². The Morgan fingerprint density at radius 3 is 3.07 bits per heavy atom. The van der Waals surface area contributed by atoms with Gasteiger partial charge in [0, 0.05) is 25.5 Å². The van der Waals surface area contributed by atoms with Gasteiger partial charge in [-0.3, -0.25) is 9.78 Å². The highest BCUT2D eigenvalue weighted by Crippen LogP contribution is 1.91. The molecule has 0 bridgehead atoms. The molecule has 0 saturated carbocycles. The molecule has 0 radical (unpaired) electrons. The third-order valence-electron chi connectivity index (χ3n) is 1.57. The zero-order chi connectivity index (χ0) is 10.2. The largest absolute Gasteiger partial charge is 0.394 e. The maximum atomic E-state index is 11.1. The van der Waals surface area contributed by atoms with Crippen molar-refractivity contribution in [3.8, 4) is 0 Å². The van der Waals surface area contributed by atoms with Crippen molar-refractivity contribution < 1.29 is 4.79 Å². The molecule has 1 aromatic rings. The van der Waals surface area contributed by atoms with E-state index in [1.807, 2.05) is 18.2 Å². The van der Waals surface area contributed by atoms with Gasteiger partial charge in [0.2, 0.25) is 5.91 Å². The van der Waals surface area contributed by atoms with E-state index in [0.29, 0.717) is 6.54 Å². The van der Waals surface area contributed by atoms with Crippen LogP contribution in [-0.2, 0) is 11.3 Å². The van der Waals surface area contributed by atoms with Crippen molar-refractivity contribution in [2.45, 2.75) is 6.54 Å². The molecule has 1 heterocycles. The average molecular weight is 191 g/mol. The van der Waals surface area contributed by atoms with Crippen molar-refractivity contribution in [2.75, 3.05) is 7.05 Å². The molecular formula is C10H13N3O. The Labute approximate surface area is 83.0 Å². The molecule has 1 rings (SSSR count). The number of rotatable bonds is 4. The minimum absolute atomic E-state index is 0.134. The van der Waals surface area contributed by atoms with Gasteiger partial charge in [0.15, 0.2) is 0 Å². The van der Waals surface area contributed by atoms with E-state index in [2.05, 4.69) is 15.6 Å². The molecule has 0 aliphatic rings. The lowest BCUT2D eigenvalue weighted by Crippen LogP contribution is -2.21. The lowest BCUT2D eigenvalue weighted by atomic mass is 10.3. The summed E-state index contributed by atoms with van der Waals surface area (Å²) in [5.74, 6) is -0.134. The number of amides is 1. The summed E-state index contributed by atoms with van der Waals surface area (Å²) in [4.78, 5) is 15.2. The predicted octanol–water partition coefficient (Wildman–Crippen LogP) is 0.431. The topological polar surface area (TPSA) is 54.0 Å². The maximum absolute atomic E-state index is 11.1. The normalized spacial score (nSPS) is 10.1. The van der Waals surface area contributed by atoms with E-state index in [4.69, 9.17) is 0 Å². The zero-order valence-electron chi connectivity index (χ0n) is 8.03. The van der Waals surface area contributed by atoms with Crippen molar-refractivity contribution in [1.82, 2.24) is 15.6 Å². The fourth-order valence-electron chi connectivity index (χ4n) is 0.898. The summed E-state index contributed by atoms with van der Waals surface area (Å²) in [6, 6.07) is 5.59. The Bertz CT molecular complexity index is 308. The molecule has 14 heavy (non-hydrogen) atoms. The van der Waals surface area contributed by atoms with Crippen molar-refractivity contribution in [1.29, 1.82) is 0 Å². The highest BCUT2D eigenvalue weighted by Gasteiger charge is 1.95. The van der Waals surface area contributed by atoms with E-state index in [1.54, 1.807) is 19.4 Å². The molecule has 0 saturated heterocycles. The third-order valence-corrected chi connectivity index (χ3v) is 1.57. The summed E-state index contributed by atoms with van der Waals surface area (Å²) in [5.41, 5.74) is 0.846. The fraction of sp³-hybridized carbons (Fsp3) is 0.200. The van der Waals surface area contributed by atoms with Crippen LogP contribution in [0.4, 0.5) is 0 Å². The fourth-order valence-corrected chi connectivity index (χ4v) is 0.898. The number of carbonyl (C=O) groups is 1. The number of carbonyl (C=O) groups excluding carboxylic acids is 1. The second-order valence-corrected chi connectivity index (χ2v) is 2.66. The molecule has 2 N–H and O–H groups in total. The van der Waals surface area contributed by atoms with Crippen LogP contribution in [-0.4, -0.2) is 17.9 Å². The Morgan fingerprint density at radius 1 is 1.57 bits per heavy atom. The lowest BCUT2D eigenvalue weighted by molar-refractivity contribution is -0.116. The van der Waals surface area contributed by atoms with Gasteiger partial charge in [0.05, 0.1) is 12.2 Å². The smallest absolute Gasteiger partial charge is 0.245 e. The highest BCUT2D eigenvalue weighted by molar-refractivity contribution is 5.87. The number of aromatic nitrogens is 1. The average Bonchev–Trinajstić information content (AvgIpc) is 2.25. The van der Waals surface area contributed by atoms with E-state index in [0.717, 1.165) is 5.69 Å². The van der Waals surface area contributed by atoms with Gasteiger partial charge in [0.25, 0.3) is 0 Å². The molecule has 0 spiro atoms. The second kappa shape index (κ2) is 5.75. The monoisotopic (exact) mass is 191 g/mol. The first-order valence-corrected chi connectivity index (χ1v) is 4.34. The number of nitrogens with one attached hydrogen (secondary N) is 2. The molecule has 4 heteroatoms. The SMILES string of the molecule is CN/C=C\C(=O)NCc1ccccn1. The molecule has 4 nitrogen and oxygen atoms in total. The summed E-state index contributed by atoms with van der Waals surface area (Å²) in [7, 11) is 1.74. The van der Waals surface area contributed by atoms with E-state index < -0.39 is 0 Å². The highest BCUT2D eigenvalue weighted by atomic mass is 16.1. The molecule has 74 valence electrons. The summed E-state index contributed by atoms with van der Waals surface area (Å²) in [5, 5.41) is 5.45. The quantitative estimate of drug-likeness (QED) is 0.679. The number of pyridine rings is 1. The predicted molar refractivity (Wildman–Crippen MR) is 54.3 cm³/mol. The molecule has 0 unspecified atom stereocenters. The van der Waals surface area contributed by atoms with Crippen LogP contribution in [0.25, 0.3) is 0 Å². The van der Waals surface area contributed by atoms with Crippen LogP contribution in [0.3, 0.4) is 0 Å². The van der Waals surface area contributed by atoms with E-state index in [1.165, 1.54) is 6.08 Å². The van der Waals surface area contributed by atoms with Crippen molar-refractivity contribution >= 4 is 5.91 Å².